The van der Waals surface area contributed by atoms with Crippen LogP contribution >= 0.6 is 11.3 Å². The molecular formula is C31H37N5O9S2. The van der Waals surface area contributed by atoms with Gasteiger partial charge in [-0.15, -0.1) is 11.3 Å². The zero-order valence-electron chi connectivity index (χ0n) is 26.6. The Kier molecular flexibility index (Phi) is 11.0. The fourth-order valence-electron chi connectivity index (χ4n) is 4.05. The van der Waals surface area contributed by atoms with Gasteiger partial charge in [0.1, 0.15) is 11.2 Å². The van der Waals surface area contributed by atoms with Gasteiger partial charge in [0.2, 0.25) is 0 Å². The molecule has 16 heteroatoms. The van der Waals surface area contributed by atoms with Crippen LogP contribution in [0.15, 0.2) is 70.6 Å². The third-order valence-electron chi connectivity index (χ3n) is 5.89. The number of guanidine groups is 1. The lowest BCUT2D eigenvalue weighted by molar-refractivity contribution is -0.141. The molecule has 0 aliphatic heterocycles. The number of hydrogen-bond acceptors (Lipinski definition) is 10. The number of carbonyl (C=O) groups excluding carboxylic acids is 3. The number of amides is 2. The highest BCUT2D eigenvalue weighted by Gasteiger charge is 2.42. The number of carbonyl (C=O) groups is 4. The van der Waals surface area contributed by atoms with E-state index >= 15 is 0 Å². The molecule has 1 atom stereocenters. The van der Waals surface area contributed by atoms with E-state index in [2.05, 4.69) is 10.3 Å². The van der Waals surface area contributed by atoms with Crippen molar-refractivity contribution in [2.45, 2.75) is 63.7 Å². The molecule has 0 saturated heterocycles. The number of sulfonamides is 1. The van der Waals surface area contributed by atoms with E-state index in [-0.39, 0.29) is 31.3 Å². The van der Waals surface area contributed by atoms with E-state index in [9.17, 15) is 32.7 Å². The van der Waals surface area contributed by atoms with Gasteiger partial charge in [0, 0.05) is 10.4 Å². The van der Waals surface area contributed by atoms with Crippen LogP contribution in [0.1, 0.15) is 61.6 Å². The lowest BCUT2D eigenvalue weighted by Crippen LogP contribution is -2.54. The fraction of sp³-hybridized carbons (Fsp3) is 0.323. The average molecular weight is 688 g/mol. The maximum Gasteiger partial charge on any atom is 0.425 e. The predicted octanol–water partition coefficient (Wildman–Crippen LogP) is 4.08. The highest BCUT2D eigenvalue weighted by Crippen LogP contribution is 2.38. The summed E-state index contributed by atoms with van der Waals surface area (Å²) in [6.07, 6.45) is -1.43. The first-order chi connectivity index (χ1) is 21.7. The minimum atomic E-state index is -4.74. The molecule has 6 N–H and O–H groups in total. The molecular weight excluding hydrogens is 651 g/mol. The van der Waals surface area contributed by atoms with Crippen LogP contribution < -0.4 is 16.8 Å². The van der Waals surface area contributed by atoms with Crippen LogP contribution in [-0.2, 0) is 24.3 Å². The van der Waals surface area contributed by atoms with Crippen LogP contribution in [0.2, 0.25) is 0 Å². The van der Waals surface area contributed by atoms with Crippen LogP contribution in [-0.4, -0.2) is 71.5 Å². The first kappa shape index (κ1) is 36.5. The number of para-hydroxylation sites is 1. The number of aliphatic imine (C=N–C) groups is 1. The molecule has 2 amide bonds. The normalized spacial score (nSPS) is 12.4. The molecule has 1 heterocycles. The van der Waals surface area contributed by atoms with Gasteiger partial charge in [0.15, 0.2) is 12.0 Å². The summed E-state index contributed by atoms with van der Waals surface area (Å²) in [4.78, 5) is 56.1. The summed E-state index contributed by atoms with van der Waals surface area (Å²) in [6, 6.07) is 12.4. The van der Waals surface area contributed by atoms with Gasteiger partial charge in [-0.2, -0.15) is 4.31 Å². The minimum Gasteiger partial charge on any atom is -0.480 e. The van der Waals surface area contributed by atoms with Crippen LogP contribution in [0.25, 0.3) is 10.4 Å². The van der Waals surface area contributed by atoms with E-state index in [1.54, 1.807) is 45.0 Å². The molecule has 0 bridgehead atoms. The number of rotatable bonds is 10. The summed E-state index contributed by atoms with van der Waals surface area (Å²) in [5, 5.41) is 12.5. The summed E-state index contributed by atoms with van der Waals surface area (Å²) in [7, 11) is -4.74. The number of carboxylic acids is 1. The van der Waals surface area contributed by atoms with Crippen molar-refractivity contribution in [3.05, 3.63) is 71.1 Å². The summed E-state index contributed by atoms with van der Waals surface area (Å²) < 4.78 is 37.9. The van der Waals surface area contributed by atoms with Crippen LogP contribution in [0.5, 0.6) is 0 Å². The smallest absolute Gasteiger partial charge is 0.425 e. The number of benzene rings is 2. The lowest BCUT2D eigenvalue weighted by atomic mass is 10.1. The molecule has 0 saturated carbocycles. The molecule has 252 valence electrons. The van der Waals surface area contributed by atoms with Crippen molar-refractivity contribution < 1.29 is 42.2 Å². The molecule has 2 aromatic carbocycles. The highest BCUT2D eigenvalue weighted by atomic mass is 32.2. The van der Waals surface area contributed by atoms with Gasteiger partial charge in [-0.05, 0) is 71.9 Å². The van der Waals surface area contributed by atoms with Gasteiger partial charge in [-0.25, -0.2) is 27.8 Å². The number of nitrogens with zero attached hydrogens (tertiary/aromatic N) is 2. The molecule has 1 aromatic heterocycles. The molecule has 0 aliphatic rings. The van der Waals surface area contributed by atoms with Crippen molar-refractivity contribution in [2.24, 2.45) is 16.5 Å². The summed E-state index contributed by atoms with van der Waals surface area (Å²) >= 11 is 0.968. The zero-order valence-corrected chi connectivity index (χ0v) is 28.3. The first-order valence-corrected chi connectivity index (χ1v) is 16.4. The van der Waals surface area contributed by atoms with Gasteiger partial charge in [0.05, 0.1) is 27.6 Å². The van der Waals surface area contributed by atoms with E-state index in [4.69, 9.17) is 20.9 Å². The second-order valence-electron chi connectivity index (χ2n) is 12.1. The van der Waals surface area contributed by atoms with Crippen LogP contribution in [0.4, 0.5) is 10.5 Å². The highest BCUT2D eigenvalue weighted by molar-refractivity contribution is 7.89. The molecule has 0 fully saturated rings. The number of nitrogens with one attached hydrogen (secondary N) is 1. The Hall–Kier alpha value is -4.96. The lowest BCUT2D eigenvalue weighted by Gasteiger charge is -2.30. The third kappa shape index (κ3) is 9.52. The standard InChI is InChI=1S/C31H37N5O9S2/c1-30(2,3)44-27(40)20-14-10-13-19(24(20)35-28(32)33)22-15-16-23(46-22)25(37)34-17-21(26(38)39)36(29(41)45-31(4,5)6)47(42,43)18-11-8-7-9-12-18/h7-16,21H,17H2,1-6H3,(H,34,37)(H,38,39)(H4,32,33,35). The van der Waals surface area contributed by atoms with Gasteiger partial charge < -0.3 is 31.4 Å². The molecule has 14 nitrogen and oxygen atoms in total. The molecule has 47 heavy (non-hydrogen) atoms. The molecule has 3 aromatic rings. The maximum atomic E-state index is 13.5. The number of ether oxygens (including phenoxy) is 2. The van der Waals surface area contributed by atoms with E-state index in [0.717, 1.165) is 11.3 Å². The van der Waals surface area contributed by atoms with Gasteiger partial charge >= 0.3 is 18.0 Å². The Morgan fingerprint density at radius 2 is 1.53 bits per heavy atom. The molecule has 0 spiro atoms. The van der Waals surface area contributed by atoms with Crippen molar-refractivity contribution in [1.29, 1.82) is 0 Å². The van der Waals surface area contributed by atoms with Gasteiger partial charge in [-0.3, -0.25) is 4.79 Å². The Morgan fingerprint density at radius 3 is 2.09 bits per heavy atom. The van der Waals surface area contributed by atoms with Crippen molar-refractivity contribution in [2.75, 3.05) is 6.54 Å². The molecule has 0 radical (unpaired) electrons. The number of hydrogen-bond donors (Lipinski definition) is 4. The third-order valence-corrected chi connectivity index (χ3v) is 8.80. The monoisotopic (exact) mass is 687 g/mol. The Morgan fingerprint density at radius 1 is 0.915 bits per heavy atom. The van der Waals surface area contributed by atoms with E-state index in [1.165, 1.54) is 57.2 Å². The second-order valence-corrected chi connectivity index (χ2v) is 15.0. The summed E-state index contributed by atoms with van der Waals surface area (Å²) in [5.74, 6) is -3.46. The van der Waals surface area contributed by atoms with Crippen LogP contribution in [0.3, 0.4) is 0 Å². The largest absolute Gasteiger partial charge is 0.480 e. The van der Waals surface area contributed by atoms with E-state index < -0.39 is 57.8 Å². The number of carboxylic acid groups (broad SMARTS) is 1. The zero-order chi connectivity index (χ0) is 35.3. The Balaban J connectivity index is 1.95. The van der Waals surface area contributed by atoms with E-state index in [0.29, 0.717) is 10.4 Å². The van der Waals surface area contributed by atoms with Crippen molar-refractivity contribution in [3.8, 4) is 10.4 Å². The summed E-state index contributed by atoms with van der Waals surface area (Å²) in [6.45, 7) is 8.80. The van der Waals surface area contributed by atoms with Crippen LogP contribution in [0, 0.1) is 0 Å². The van der Waals surface area contributed by atoms with Crippen molar-refractivity contribution in [3.63, 3.8) is 0 Å². The molecule has 1 unspecified atom stereocenters. The average Bonchev–Trinajstić information content (AvgIpc) is 3.43. The van der Waals surface area contributed by atoms with Gasteiger partial charge in [-0.1, -0.05) is 30.3 Å². The van der Waals surface area contributed by atoms with Crippen molar-refractivity contribution in [1.82, 2.24) is 9.62 Å². The fourth-order valence-corrected chi connectivity index (χ4v) is 6.46. The predicted molar refractivity (Wildman–Crippen MR) is 176 cm³/mol. The second kappa shape index (κ2) is 14.2. The maximum absolute atomic E-state index is 13.5. The quantitative estimate of drug-likeness (QED) is 0.135. The SMILES string of the molecule is CC(C)(C)OC(=O)c1cccc(-c2ccc(C(=O)NCC(C(=O)O)N(C(=O)OC(C)(C)C)S(=O)(=O)c3ccccc3)s2)c1N=C(N)N. The number of esters is 1. The number of thiophene rings is 1. The first-order valence-electron chi connectivity index (χ1n) is 14.1. The van der Waals surface area contributed by atoms with Gasteiger partial charge in [0.25, 0.3) is 15.9 Å². The van der Waals surface area contributed by atoms with E-state index in [1.807, 2.05) is 0 Å². The topological polar surface area (TPSA) is 221 Å². The van der Waals surface area contributed by atoms with Crippen molar-refractivity contribution >= 4 is 56.9 Å². The summed E-state index contributed by atoms with van der Waals surface area (Å²) in [5.41, 5.74) is 9.92. The Bertz CT molecular complexity index is 1790. The molecule has 3 rings (SSSR count). The molecule has 0 aliphatic carbocycles. The Labute approximate surface area is 276 Å². The number of aliphatic carboxylic acids is 1. The number of nitrogens with two attached hydrogens (primary N) is 2. The minimum absolute atomic E-state index is 0.0800.